The summed E-state index contributed by atoms with van der Waals surface area (Å²) in [6.07, 6.45) is 0.947. The number of aliphatic hydroxyl groups is 1. The number of nitrogens with one attached hydrogen (secondary N) is 1. The van der Waals surface area contributed by atoms with E-state index in [0.29, 0.717) is 25.9 Å². The van der Waals surface area contributed by atoms with Crippen LogP contribution in [0.3, 0.4) is 0 Å². The molecule has 0 aromatic carbocycles. The van der Waals surface area contributed by atoms with E-state index in [0.717, 1.165) is 0 Å². The Morgan fingerprint density at radius 3 is 2.47 bits per heavy atom. The number of hydrogen-bond donors (Lipinski definition) is 3. The number of nitrogens with zero attached hydrogens (tertiary/aromatic N) is 1. The maximum atomic E-state index is 11.7. The van der Waals surface area contributed by atoms with E-state index >= 15 is 0 Å². The van der Waals surface area contributed by atoms with E-state index < -0.39 is 17.4 Å². The summed E-state index contributed by atoms with van der Waals surface area (Å²) in [5.41, 5.74) is 4.47. The van der Waals surface area contributed by atoms with Crippen LogP contribution in [-0.2, 0) is 9.59 Å². The van der Waals surface area contributed by atoms with Crippen molar-refractivity contribution in [2.24, 2.45) is 5.73 Å². The van der Waals surface area contributed by atoms with E-state index in [-0.39, 0.29) is 11.5 Å². The molecule has 1 aliphatic heterocycles. The predicted molar refractivity (Wildman–Crippen MR) is 66.2 cm³/mol. The average molecular weight is 259 g/mol. The second kappa shape index (κ2) is 5.42. The van der Waals surface area contributed by atoms with Crippen LogP contribution in [0, 0.1) is 0 Å². The quantitative estimate of drug-likeness (QED) is 0.426. The van der Waals surface area contributed by atoms with Gasteiger partial charge in [-0.1, -0.05) is 12.2 Å². The lowest BCUT2D eigenvalue weighted by Crippen LogP contribution is -2.50. The van der Waals surface area contributed by atoms with Crippen molar-refractivity contribution in [2.45, 2.75) is 25.4 Å². The lowest BCUT2D eigenvalue weighted by molar-refractivity contribution is -0.148. The minimum absolute atomic E-state index is 0.0193. The molecule has 0 atom stereocenters. The monoisotopic (exact) mass is 259 g/mol. The number of piperidine rings is 1. The minimum atomic E-state index is -0.744. The molecule has 1 aliphatic rings. The van der Waals surface area contributed by atoms with E-state index in [1.165, 1.54) is 4.90 Å². The molecule has 96 valence electrons. The summed E-state index contributed by atoms with van der Waals surface area (Å²) in [5.74, 6) is -1.31. The minimum Gasteiger partial charge on any atom is -0.392 e. The third-order valence-corrected chi connectivity index (χ3v) is 2.89. The molecule has 17 heavy (non-hydrogen) atoms. The number of carbonyl (C=O) groups excluding carboxylic acids is 2. The molecule has 1 fully saturated rings. The Hall–Kier alpha value is -1.21. The molecule has 0 aromatic heterocycles. The standard InChI is InChI=1S/C10H17N3O3S/c1-10(16)2-4-13(5-3-10)9(15)8(14)12-6-7(11)17/h16H,2-6H2,1H3,(H2,11,17)(H,12,14). The lowest BCUT2D eigenvalue weighted by Gasteiger charge is -2.35. The number of rotatable bonds is 2. The van der Waals surface area contributed by atoms with Crippen LogP contribution in [0.1, 0.15) is 19.8 Å². The van der Waals surface area contributed by atoms with Gasteiger partial charge in [-0.3, -0.25) is 9.59 Å². The summed E-state index contributed by atoms with van der Waals surface area (Å²) >= 11 is 4.59. The molecule has 0 aliphatic carbocycles. The molecule has 1 heterocycles. The largest absolute Gasteiger partial charge is 0.392 e. The van der Waals surface area contributed by atoms with Gasteiger partial charge in [0.25, 0.3) is 0 Å². The third kappa shape index (κ3) is 4.27. The van der Waals surface area contributed by atoms with Crippen molar-refractivity contribution in [2.75, 3.05) is 19.6 Å². The number of hydrogen-bond acceptors (Lipinski definition) is 4. The second-order valence-corrected chi connectivity index (χ2v) is 4.96. The summed E-state index contributed by atoms with van der Waals surface area (Å²) in [6.45, 7) is 2.51. The first-order valence-corrected chi connectivity index (χ1v) is 5.80. The SMILES string of the molecule is CC1(O)CCN(C(=O)C(=O)NCC(N)=S)CC1. The van der Waals surface area contributed by atoms with Gasteiger partial charge in [0.1, 0.15) is 0 Å². The average Bonchev–Trinajstić information content (AvgIpc) is 2.25. The summed E-state index contributed by atoms with van der Waals surface area (Å²) in [5, 5.41) is 12.1. The highest BCUT2D eigenvalue weighted by Gasteiger charge is 2.31. The predicted octanol–water partition coefficient (Wildman–Crippen LogP) is -1.24. The Bertz CT molecular complexity index is 334. The molecule has 0 bridgehead atoms. The van der Waals surface area contributed by atoms with Crippen molar-refractivity contribution in [1.82, 2.24) is 10.2 Å². The van der Waals surface area contributed by atoms with Crippen molar-refractivity contribution >= 4 is 29.0 Å². The fourth-order valence-corrected chi connectivity index (χ4v) is 1.65. The van der Waals surface area contributed by atoms with Gasteiger partial charge in [0.15, 0.2) is 0 Å². The van der Waals surface area contributed by atoms with Crippen molar-refractivity contribution in [1.29, 1.82) is 0 Å². The zero-order chi connectivity index (χ0) is 13.1. The zero-order valence-corrected chi connectivity index (χ0v) is 10.5. The topological polar surface area (TPSA) is 95.7 Å². The normalized spacial score (nSPS) is 18.6. The highest BCUT2D eigenvalue weighted by atomic mass is 32.1. The Morgan fingerprint density at radius 1 is 1.47 bits per heavy atom. The molecule has 1 rings (SSSR count). The Balaban J connectivity index is 2.43. The van der Waals surface area contributed by atoms with E-state index in [2.05, 4.69) is 17.5 Å². The molecular formula is C10H17N3O3S. The number of thiocarbonyl (C=S) groups is 1. The maximum Gasteiger partial charge on any atom is 0.311 e. The van der Waals surface area contributed by atoms with Crippen LogP contribution in [0.25, 0.3) is 0 Å². The molecule has 0 unspecified atom stereocenters. The van der Waals surface area contributed by atoms with Gasteiger partial charge in [-0.25, -0.2) is 0 Å². The molecule has 0 spiro atoms. The van der Waals surface area contributed by atoms with Gasteiger partial charge in [-0.05, 0) is 19.8 Å². The Kier molecular flexibility index (Phi) is 4.41. The first kappa shape index (κ1) is 13.9. The molecule has 0 saturated carbocycles. The Morgan fingerprint density at radius 2 is 2.00 bits per heavy atom. The summed E-state index contributed by atoms with van der Waals surface area (Å²) in [6, 6.07) is 0. The molecule has 1 saturated heterocycles. The second-order valence-electron chi connectivity index (χ2n) is 4.44. The van der Waals surface area contributed by atoms with Crippen LogP contribution in [0.15, 0.2) is 0 Å². The van der Waals surface area contributed by atoms with Gasteiger partial charge in [0.05, 0.1) is 17.1 Å². The van der Waals surface area contributed by atoms with Crippen LogP contribution in [0.5, 0.6) is 0 Å². The first-order valence-electron chi connectivity index (χ1n) is 5.39. The van der Waals surface area contributed by atoms with Crippen molar-refractivity contribution in [3.8, 4) is 0 Å². The van der Waals surface area contributed by atoms with Crippen LogP contribution in [-0.4, -0.2) is 52.0 Å². The molecule has 6 nitrogen and oxygen atoms in total. The lowest BCUT2D eigenvalue weighted by atomic mass is 9.94. The maximum absolute atomic E-state index is 11.7. The third-order valence-electron chi connectivity index (χ3n) is 2.75. The smallest absolute Gasteiger partial charge is 0.311 e. The van der Waals surface area contributed by atoms with Crippen LogP contribution in [0.4, 0.5) is 0 Å². The fraction of sp³-hybridized carbons (Fsp3) is 0.700. The van der Waals surface area contributed by atoms with Crippen LogP contribution in [0.2, 0.25) is 0 Å². The molecule has 4 N–H and O–H groups in total. The molecular weight excluding hydrogens is 242 g/mol. The van der Waals surface area contributed by atoms with E-state index in [9.17, 15) is 14.7 Å². The Labute approximate surface area is 105 Å². The van der Waals surface area contributed by atoms with Gasteiger partial charge < -0.3 is 21.1 Å². The van der Waals surface area contributed by atoms with Gasteiger partial charge >= 0.3 is 11.8 Å². The van der Waals surface area contributed by atoms with Gasteiger partial charge in [0, 0.05) is 13.1 Å². The van der Waals surface area contributed by atoms with Gasteiger partial charge in [-0.15, -0.1) is 0 Å². The number of nitrogens with two attached hydrogens (primary N) is 1. The molecule has 0 radical (unpaired) electrons. The fourth-order valence-electron chi connectivity index (χ4n) is 1.58. The zero-order valence-electron chi connectivity index (χ0n) is 9.73. The highest BCUT2D eigenvalue weighted by molar-refractivity contribution is 7.80. The van der Waals surface area contributed by atoms with Crippen molar-refractivity contribution in [3.63, 3.8) is 0 Å². The van der Waals surface area contributed by atoms with Crippen molar-refractivity contribution in [3.05, 3.63) is 0 Å². The highest BCUT2D eigenvalue weighted by Crippen LogP contribution is 2.20. The summed E-state index contributed by atoms with van der Waals surface area (Å²) in [7, 11) is 0. The molecule has 2 amide bonds. The van der Waals surface area contributed by atoms with Crippen LogP contribution >= 0.6 is 12.2 Å². The molecule has 0 aromatic rings. The van der Waals surface area contributed by atoms with Gasteiger partial charge in [0.2, 0.25) is 0 Å². The first-order chi connectivity index (χ1) is 7.82. The van der Waals surface area contributed by atoms with E-state index in [1.807, 2.05) is 0 Å². The summed E-state index contributed by atoms with van der Waals surface area (Å²) < 4.78 is 0. The number of carbonyl (C=O) groups is 2. The van der Waals surface area contributed by atoms with Crippen molar-refractivity contribution < 1.29 is 14.7 Å². The molecule has 7 heteroatoms. The number of amides is 2. The van der Waals surface area contributed by atoms with Crippen LogP contribution < -0.4 is 11.1 Å². The number of likely N-dealkylation sites (tertiary alicyclic amines) is 1. The van der Waals surface area contributed by atoms with E-state index in [1.54, 1.807) is 6.92 Å². The summed E-state index contributed by atoms with van der Waals surface area (Å²) in [4.78, 5) is 24.7. The van der Waals surface area contributed by atoms with Gasteiger partial charge in [-0.2, -0.15) is 0 Å². The van der Waals surface area contributed by atoms with E-state index in [4.69, 9.17) is 5.73 Å².